The van der Waals surface area contributed by atoms with Crippen LogP contribution in [-0.4, -0.2) is 28.8 Å². The van der Waals surface area contributed by atoms with Crippen LogP contribution in [0.25, 0.3) is 10.6 Å². The molecule has 4 nitrogen and oxygen atoms in total. The van der Waals surface area contributed by atoms with Crippen LogP contribution in [-0.2, 0) is 0 Å². The normalized spacial score (nSPS) is 13.7. The Balaban J connectivity index is 0.000000847. The van der Waals surface area contributed by atoms with E-state index in [1.165, 1.54) is 19.8 Å². The van der Waals surface area contributed by atoms with Gasteiger partial charge in [-0.2, -0.15) is 4.39 Å². The van der Waals surface area contributed by atoms with Gasteiger partial charge in [-0.25, -0.2) is 9.97 Å². The molecule has 6 heteroatoms. The largest absolute Gasteiger partial charge is 0.357 e. The van der Waals surface area contributed by atoms with Gasteiger partial charge in [0, 0.05) is 31.8 Å². The Kier molecular flexibility index (Phi) is 5.60. The summed E-state index contributed by atoms with van der Waals surface area (Å²) in [6.07, 6.45) is 4.09. The molecular formula is C16H20FN3OS. The van der Waals surface area contributed by atoms with Gasteiger partial charge in [-0.1, -0.05) is 13.8 Å². The van der Waals surface area contributed by atoms with E-state index in [1.54, 1.807) is 6.20 Å². The molecule has 0 atom stereocenters. The number of anilines is 1. The first-order valence-corrected chi connectivity index (χ1v) is 8.35. The van der Waals surface area contributed by atoms with Crippen LogP contribution in [0.15, 0.2) is 18.3 Å². The predicted octanol–water partition coefficient (Wildman–Crippen LogP) is 4.17. The Hall–Kier alpha value is -1.82. The van der Waals surface area contributed by atoms with Crippen LogP contribution in [0.3, 0.4) is 0 Å². The summed E-state index contributed by atoms with van der Waals surface area (Å²) in [5.74, 6) is -0.0518. The number of hydrogen-bond donors (Lipinski definition) is 0. The highest BCUT2D eigenvalue weighted by molar-refractivity contribution is 7.16. The lowest BCUT2D eigenvalue weighted by Gasteiger charge is -2.15. The van der Waals surface area contributed by atoms with Crippen LogP contribution in [0.1, 0.15) is 43.3 Å². The van der Waals surface area contributed by atoms with Crippen molar-refractivity contribution in [3.05, 3.63) is 29.2 Å². The molecule has 22 heavy (non-hydrogen) atoms. The van der Waals surface area contributed by atoms with Gasteiger partial charge < -0.3 is 4.90 Å². The number of Topliss-reactive ketones (excluding diaryl/α,β-unsaturated/α-hetero) is 1. The molecule has 118 valence electrons. The van der Waals surface area contributed by atoms with Crippen molar-refractivity contribution in [3.63, 3.8) is 0 Å². The van der Waals surface area contributed by atoms with Gasteiger partial charge in [0.05, 0.1) is 0 Å². The summed E-state index contributed by atoms with van der Waals surface area (Å²) < 4.78 is 13.5. The molecule has 2 aromatic heterocycles. The lowest BCUT2D eigenvalue weighted by Crippen LogP contribution is -2.18. The summed E-state index contributed by atoms with van der Waals surface area (Å²) in [5.41, 5.74) is 0.740. The average Bonchev–Trinajstić information content (AvgIpc) is 3.19. The highest BCUT2D eigenvalue weighted by atomic mass is 32.1. The Bertz CT molecular complexity index is 633. The van der Waals surface area contributed by atoms with Gasteiger partial charge in [-0.05, 0) is 25.0 Å². The molecule has 0 saturated carbocycles. The van der Waals surface area contributed by atoms with E-state index in [9.17, 15) is 9.18 Å². The molecule has 0 N–H and O–H groups in total. The number of carbonyl (C=O) groups is 1. The molecule has 0 radical (unpaired) electrons. The van der Waals surface area contributed by atoms with E-state index in [2.05, 4.69) is 14.9 Å². The number of pyridine rings is 1. The van der Waals surface area contributed by atoms with Crippen molar-refractivity contribution in [2.24, 2.45) is 0 Å². The summed E-state index contributed by atoms with van der Waals surface area (Å²) in [7, 11) is 0. The second kappa shape index (κ2) is 7.45. The summed E-state index contributed by atoms with van der Waals surface area (Å²) >= 11 is 1.07. The van der Waals surface area contributed by atoms with Gasteiger partial charge in [0.25, 0.3) is 0 Å². The molecule has 0 amide bonds. The Morgan fingerprint density at radius 1 is 1.27 bits per heavy atom. The zero-order valence-corrected chi connectivity index (χ0v) is 13.9. The zero-order valence-electron chi connectivity index (χ0n) is 13.1. The monoisotopic (exact) mass is 321 g/mol. The van der Waals surface area contributed by atoms with Crippen molar-refractivity contribution in [1.29, 1.82) is 0 Å². The van der Waals surface area contributed by atoms with E-state index in [0.29, 0.717) is 5.01 Å². The third kappa shape index (κ3) is 3.50. The second-order valence-corrected chi connectivity index (χ2v) is 5.79. The molecule has 3 heterocycles. The highest BCUT2D eigenvalue weighted by Crippen LogP contribution is 2.28. The van der Waals surface area contributed by atoms with Crippen molar-refractivity contribution in [3.8, 4) is 10.6 Å². The van der Waals surface area contributed by atoms with Crippen LogP contribution in [0.2, 0.25) is 0 Å². The maximum absolute atomic E-state index is 13.5. The number of carbonyl (C=O) groups excluding carboxylic acids is 1. The molecule has 0 aromatic carbocycles. The lowest BCUT2D eigenvalue weighted by atomic mass is 10.3. The van der Waals surface area contributed by atoms with Crippen LogP contribution in [0.4, 0.5) is 10.2 Å². The smallest absolute Gasteiger partial charge is 0.235 e. The van der Waals surface area contributed by atoms with Crippen LogP contribution in [0.5, 0.6) is 0 Å². The van der Waals surface area contributed by atoms with Crippen molar-refractivity contribution >= 4 is 22.9 Å². The first-order chi connectivity index (χ1) is 10.6. The predicted molar refractivity (Wildman–Crippen MR) is 88.1 cm³/mol. The Labute approximate surface area is 134 Å². The van der Waals surface area contributed by atoms with Crippen molar-refractivity contribution in [1.82, 2.24) is 9.97 Å². The molecule has 0 bridgehead atoms. The summed E-state index contributed by atoms with van der Waals surface area (Å²) in [5, 5.41) is 0.494. The summed E-state index contributed by atoms with van der Waals surface area (Å²) in [6, 6.07) is 3.80. The number of ketones is 1. The fourth-order valence-corrected chi connectivity index (χ4v) is 3.12. The number of halogens is 1. The molecular weight excluding hydrogens is 301 g/mol. The van der Waals surface area contributed by atoms with Crippen molar-refractivity contribution < 1.29 is 9.18 Å². The maximum Gasteiger partial charge on any atom is 0.235 e. The maximum atomic E-state index is 13.5. The average molecular weight is 321 g/mol. The number of nitrogens with zero attached hydrogens (tertiary/aromatic N) is 3. The van der Waals surface area contributed by atoms with Gasteiger partial charge in [0.15, 0.2) is 5.78 Å². The molecule has 1 aliphatic rings. The van der Waals surface area contributed by atoms with Crippen LogP contribution >= 0.6 is 11.3 Å². The first-order valence-electron chi connectivity index (χ1n) is 7.54. The van der Waals surface area contributed by atoms with Crippen molar-refractivity contribution in [2.75, 3.05) is 18.0 Å². The van der Waals surface area contributed by atoms with E-state index in [-0.39, 0.29) is 10.7 Å². The summed E-state index contributed by atoms with van der Waals surface area (Å²) in [6.45, 7) is 7.41. The molecule has 1 aliphatic heterocycles. The van der Waals surface area contributed by atoms with E-state index in [1.807, 2.05) is 26.0 Å². The van der Waals surface area contributed by atoms with E-state index < -0.39 is 5.95 Å². The molecule has 1 saturated heterocycles. The van der Waals surface area contributed by atoms with Gasteiger partial charge in [0.1, 0.15) is 15.7 Å². The van der Waals surface area contributed by atoms with Gasteiger partial charge >= 0.3 is 0 Å². The molecule has 0 aliphatic carbocycles. The lowest BCUT2D eigenvalue weighted by molar-refractivity contribution is 0.101. The molecule has 0 unspecified atom stereocenters. The number of aromatic nitrogens is 2. The third-order valence-corrected chi connectivity index (χ3v) is 4.51. The summed E-state index contributed by atoms with van der Waals surface area (Å²) in [4.78, 5) is 21.8. The highest BCUT2D eigenvalue weighted by Gasteiger charge is 2.17. The third-order valence-electron chi connectivity index (χ3n) is 3.33. The minimum absolute atomic E-state index is 0.0728. The fraction of sp³-hybridized carbons (Fsp3) is 0.438. The van der Waals surface area contributed by atoms with E-state index >= 15 is 0 Å². The Morgan fingerprint density at radius 2 is 1.95 bits per heavy atom. The molecule has 0 spiro atoms. The molecule has 1 fully saturated rings. The SMILES string of the molecule is CC.CC(=O)c1sc(-c2ccc(N3CCCC3)nc2)nc1F. The van der Waals surface area contributed by atoms with Gasteiger partial charge in [-0.15, -0.1) is 11.3 Å². The fourth-order valence-electron chi connectivity index (χ4n) is 2.29. The number of rotatable bonds is 3. The van der Waals surface area contributed by atoms with Gasteiger partial charge in [0.2, 0.25) is 5.95 Å². The van der Waals surface area contributed by atoms with E-state index in [4.69, 9.17) is 0 Å². The topological polar surface area (TPSA) is 46.1 Å². The second-order valence-electron chi connectivity index (χ2n) is 4.79. The van der Waals surface area contributed by atoms with Crippen molar-refractivity contribution in [2.45, 2.75) is 33.6 Å². The molecule has 2 aromatic rings. The molecule has 3 rings (SSSR count). The quantitative estimate of drug-likeness (QED) is 0.796. The van der Waals surface area contributed by atoms with Gasteiger partial charge in [-0.3, -0.25) is 4.79 Å². The number of thiazole rings is 1. The first kappa shape index (κ1) is 16.5. The Morgan fingerprint density at radius 3 is 2.45 bits per heavy atom. The zero-order chi connectivity index (χ0) is 16.1. The van der Waals surface area contributed by atoms with E-state index in [0.717, 1.165) is 35.8 Å². The minimum atomic E-state index is -0.693. The standard InChI is InChI=1S/C14H14FN3OS.C2H6/c1-9(19)12-13(15)17-14(20-12)10-4-5-11(16-8-10)18-6-2-3-7-18;1-2/h4-5,8H,2-3,6-7H2,1H3;1-2H3. The van der Waals surface area contributed by atoms with Crippen LogP contribution < -0.4 is 4.90 Å². The minimum Gasteiger partial charge on any atom is -0.357 e. The van der Waals surface area contributed by atoms with Crippen LogP contribution in [0, 0.1) is 5.95 Å². The number of hydrogen-bond acceptors (Lipinski definition) is 5.